The van der Waals surface area contributed by atoms with Crippen LogP contribution >= 0.6 is 0 Å². The predicted octanol–water partition coefficient (Wildman–Crippen LogP) is 6.17. The number of nitrogens with one attached hydrogen (secondary N) is 1. The van der Waals surface area contributed by atoms with Gasteiger partial charge in [-0.15, -0.1) is 0 Å². The number of nitrogens with zero attached hydrogens (tertiary/aromatic N) is 3. The highest BCUT2D eigenvalue weighted by Crippen LogP contribution is 2.38. The molecule has 0 amide bonds. The molecule has 170 valence electrons. The van der Waals surface area contributed by atoms with Crippen LogP contribution in [0.5, 0.6) is 5.75 Å². The van der Waals surface area contributed by atoms with E-state index in [1.165, 1.54) is 5.56 Å². The number of ether oxygens (including phenoxy) is 1. The first kappa shape index (κ1) is 21.5. The Balaban J connectivity index is 1.55. The third kappa shape index (κ3) is 4.15. The fourth-order valence-corrected chi connectivity index (χ4v) is 4.47. The first-order chi connectivity index (χ1) is 16.6. The molecular weight excluding hydrogens is 428 g/mol. The second-order valence-electron chi connectivity index (χ2n) is 8.20. The number of nitro groups is 1. The number of benzene rings is 3. The quantitative estimate of drug-likeness (QED) is 0.225. The average Bonchev–Trinajstić information content (AvgIpc) is 3.55. The Labute approximate surface area is 196 Å². The summed E-state index contributed by atoms with van der Waals surface area (Å²) >= 11 is 0. The normalized spacial score (nSPS) is 12.0. The number of aromatic nitrogens is 3. The second kappa shape index (κ2) is 9.23. The van der Waals surface area contributed by atoms with Crippen molar-refractivity contribution in [2.75, 3.05) is 7.11 Å². The van der Waals surface area contributed by atoms with Gasteiger partial charge in [-0.25, -0.2) is 4.98 Å². The minimum absolute atomic E-state index is 0.0883. The number of rotatable bonds is 8. The zero-order chi connectivity index (χ0) is 23.5. The van der Waals surface area contributed by atoms with Crippen LogP contribution < -0.4 is 4.74 Å². The van der Waals surface area contributed by atoms with Crippen LogP contribution in [0.2, 0.25) is 0 Å². The molecule has 2 aromatic heterocycles. The lowest BCUT2D eigenvalue weighted by atomic mass is 9.99. The summed E-state index contributed by atoms with van der Waals surface area (Å²) in [6.07, 6.45) is 8.48. The van der Waals surface area contributed by atoms with E-state index in [4.69, 9.17) is 4.74 Å². The maximum absolute atomic E-state index is 12.1. The van der Waals surface area contributed by atoms with E-state index in [0.717, 1.165) is 40.6 Å². The van der Waals surface area contributed by atoms with E-state index in [-0.39, 0.29) is 16.7 Å². The minimum Gasteiger partial charge on any atom is -0.497 e. The van der Waals surface area contributed by atoms with Gasteiger partial charge in [0.1, 0.15) is 5.75 Å². The van der Waals surface area contributed by atoms with Crippen LogP contribution in [0.3, 0.4) is 0 Å². The van der Waals surface area contributed by atoms with Gasteiger partial charge in [0, 0.05) is 6.20 Å². The summed E-state index contributed by atoms with van der Waals surface area (Å²) in [4.78, 5) is 19.1. The van der Waals surface area contributed by atoms with Gasteiger partial charge in [0.05, 0.1) is 48.1 Å². The first-order valence-corrected chi connectivity index (χ1v) is 11.1. The Hall–Kier alpha value is -4.39. The molecule has 34 heavy (non-hydrogen) atoms. The zero-order valence-corrected chi connectivity index (χ0v) is 18.7. The highest BCUT2D eigenvalue weighted by atomic mass is 16.6. The van der Waals surface area contributed by atoms with Gasteiger partial charge < -0.3 is 14.3 Å². The fraction of sp³-hybridized carbons (Fsp3) is 0.148. The van der Waals surface area contributed by atoms with Crippen LogP contribution in [0.25, 0.3) is 21.9 Å². The molecule has 0 aliphatic heterocycles. The highest BCUT2D eigenvalue weighted by molar-refractivity contribution is 5.98. The van der Waals surface area contributed by atoms with Gasteiger partial charge in [-0.3, -0.25) is 10.1 Å². The standard InChI is InChI=1S/C27H24N4O3/c1-34-21-12-9-19(10-13-21)11-14-26(25-15-28-18-29-25)30-16-24(27(17-30)31(32)33)23-8-4-6-20-5-2-3-7-22(20)23/h2-10,12-13,15-18,26H,11,14H2,1H3,(H,28,29). The molecule has 0 radical (unpaired) electrons. The Kier molecular flexibility index (Phi) is 5.82. The van der Waals surface area contributed by atoms with Crippen LogP contribution in [0.15, 0.2) is 91.6 Å². The van der Waals surface area contributed by atoms with E-state index in [9.17, 15) is 10.1 Å². The van der Waals surface area contributed by atoms with E-state index in [1.807, 2.05) is 77.5 Å². The maximum Gasteiger partial charge on any atom is 0.294 e. The fourth-order valence-electron chi connectivity index (χ4n) is 4.47. The van der Waals surface area contributed by atoms with Gasteiger partial charge in [0.2, 0.25) is 0 Å². The van der Waals surface area contributed by atoms with E-state index in [2.05, 4.69) is 9.97 Å². The molecule has 5 aromatic rings. The Bertz CT molecular complexity index is 1420. The summed E-state index contributed by atoms with van der Waals surface area (Å²) in [5, 5.41) is 14.1. The van der Waals surface area contributed by atoms with Crippen molar-refractivity contribution in [3.63, 3.8) is 0 Å². The molecule has 0 aliphatic rings. The van der Waals surface area contributed by atoms with Gasteiger partial charge in [0.15, 0.2) is 0 Å². The van der Waals surface area contributed by atoms with Crippen LogP contribution in [0, 0.1) is 10.1 Å². The SMILES string of the molecule is COc1ccc(CCC(c2cnc[nH]2)n2cc(-c3cccc4ccccc34)c([N+](=O)[O-])c2)cc1. The summed E-state index contributed by atoms with van der Waals surface area (Å²) in [5.41, 5.74) is 3.62. The monoisotopic (exact) mass is 452 g/mol. The van der Waals surface area contributed by atoms with Crippen molar-refractivity contribution < 1.29 is 9.66 Å². The third-order valence-electron chi connectivity index (χ3n) is 6.21. The summed E-state index contributed by atoms with van der Waals surface area (Å²) < 4.78 is 7.19. The number of methoxy groups -OCH3 is 1. The number of H-pyrrole nitrogens is 1. The molecule has 1 N–H and O–H groups in total. The number of imidazole rings is 1. The van der Waals surface area contributed by atoms with Crippen molar-refractivity contribution in [2.24, 2.45) is 0 Å². The average molecular weight is 453 g/mol. The van der Waals surface area contributed by atoms with Gasteiger partial charge in [-0.1, -0.05) is 54.6 Å². The molecule has 2 heterocycles. The molecule has 0 bridgehead atoms. The molecule has 0 fully saturated rings. The molecule has 1 unspecified atom stereocenters. The number of hydrogen-bond acceptors (Lipinski definition) is 4. The van der Waals surface area contributed by atoms with Crippen LogP contribution in [0.1, 0.15) is 23.7 Å². The maximum atomic E-state index is 12.1. The van der Waals surface area contributed by atoms with E-state index < -0.39 is 0 Å². The summed E-state index contributed by atoms with van der Waals surface area (Å²) in [5.74, 6) is 0.814. The molecule has 0 saturated carbocycles. The van der Waals surface area contributed by atoms with Gasteiger partial charge >= 0.3 is 0 Å². The Morgan fingerprint density at radius 1 is 1.03 bits per heavy atom. The van der Waals surface area contributed by atoms with Gasteiger partial charge in [-0.2, -0.15) is 0 Å². The minimum atomic E-state index is -0.304. The molecule has 0 aliphatic carbocycles. The molecule has 1 atom stereocenters. The van der Waals surface area contributed by atoms with Crippen LogP contribution in [-0.2, 0) is 6.42 Å². The lowest BCUT2D eigenvalue weighted by Gasteiger charge is -2.17. The number of aromatic amines is 1. The van der Waals surface area contributed by atoms with Crippen molar-refractivity contribution in [3.8, 4) is 16.9 Å². The lowest BCUT2D eigenvalue weighted by molar-refractivity contribution is -0.384. The number of aryl methyl sites for hydroxylation is 1. The lowest BCUT2D eigenvalue weighted by Crippen LogP contribution is -2.10. The zero-order valence-electron chi connectivity index (χ0n) is 18.7. The number of fused-ring (bicyclic) bond motifs is 1. The van der Waals surface area contributed by atoms with E-state index in [1.54, 1.807) is 25.8 Å². The Morgan fingerprint density at radius 2 is 1.82 bits per heavy atom. The summed E-state index contributed by atoms with van der Waals surface area (Å²) in [7, 11) is 1.65. The van der Waals surface area contributed by atoms with Crippen molar-refractivity contribution in [1.29, 1.82) is 0 Å². The largest absolute Gasteiger partial charge is 0.497 e. The smallest absolute Gasteiger partial charge is 0.294 e. The molecule has 7 heteroatoms. The van der Waals surface area contributed by atoms with E-state index in [0.29, 0.717) is 5.56 Å². The van der Waals surface area contributed by atoms with Crippen LogP contribution in [-0.4, -0.2) is 26.6 Å². The number of hydrogen-bond donors (Lipinski definition) is 1. The van der Waals surface area contributed by atoms with Crippen molar-refractivity contribution in [1.82, 2.24) is 14.5 Å². The molecule has 0 spiro atoms. The van der Waals surface area contributed by atoms with E-state index >= 15 is 0 Å². The molecule has 3 aromatic carbocycles. The predicted molar refractivity (Wildman–Crippen MR) is 132 cm³/mol. The Morgan fingerprint density at radius 3 is 2.56 bits per heavy atom. The van der Waals surface area contributed by atoms with Gasteiger partial charge in [-0.05, 0) is 46.9 Å². The third-order valence-corrected chi connectivity index (χ3v) is 6.21. The second-order valence-corrected chi connectivity index (χ2v) is 8.20. The van der Waals surface area contributed by atoms with Gasteiger partial charge in [0.25, 0.3) is 5.69 Å². The topological polar surface area (TPSA) is 86.0 Å². The van der Waals surface area contributed by atoms with Crippen molar-refractivity contribution in [2.45, 2.75) is 18.9 Å². The molecule has 0 saturated heterocycles. The van der Waals surface area contributed by atoms with Crippen molar-refractivity contribution in [3.05, 3.63) is 113 Å². The molecular formula is C27H24N4O3. The molecule has 7 nitrogen and oxygen atoms in total. The highest BCUT2D eigenvalue weighted by Gasteiger charge is 2.24. The van der Waals surface area contributed by atoms with Crippen molar-refractivity contribution >= 4 is 16.5 Å². The summed E-state index contributed by atoms with van der Waals surface area (Å²) in [6.45, 7) is 0. The summed E-state index contributed by atoms with van der Waals surface area (Å²) in [6, 6.07) is 21.7. The van der Waals surface area contributed by atoms with Crippen LogP contribution in [0.4, 0.5) is 5.69 Å². The first-order valence-electron chi connectivity index (χ1n) is 11.1. The molecule has 5 rings (SSSR count).